The summed E-state index contributed by atoms with van der Waals surface area (Å²) in [4.78, 5) is 37.1. The third-order valence-corrected chi connectivity index (χ3v) is 6.36. The molecule has 0 saturated heterocycles. The minimum Gasteiger partial charge on any atom is -0.341 e. The molecule has 0 aromatic heterocycles. The second-order valence-electron chi connectivity index (χ2n) is 8.95. The van der Waals surface area contributed by atoms with Gasteiger partial charge in [0, 0.05) is 18.3 Å². The van der Waals surface area contributed by atoms with E-state index in [1.807, 2.05) is 31.2 Å². The topological polar surface area (TPSA) is 87.3 Å². The van der Waals surface area contributed by atoms with Crippen LogP contribution in [0, 0.1) is 25.7 Å². The first-order valence-electron chi connectivity index (χ1n) is 11.3. The van der Waals surface area contributed by atoms with E-state index in [0.717, 1.165) is 30.4 Å². The fourth-order valence-corrected chi connectivity index (χ4v) is 4.65. The number of amides is 3. The lowest BCUT2D eigenvalue weighted by molar-refractivity contribution is -0.137. The maximum Gasteiger partial charge on any atom is 0.313 e. The van der Waals surface area contributed by atoms with Gasteiger partial charge in [-0.15, -0.1) is 0 Å². The molecule has 3 rings (SSSR count). The monoisotopic (exact) mass is 435 g/mol. The van der Waals surface area contributed by atoms with Gasteiger partial charge in [0.1, 0.15) is 0 Å². The van der Waals surface area contributed by atoms with Crippen LogP contribution >= 0.6 is 0 Å². The van der Waals surface area contributed by atoms with Gasteiger partial charge in [-0.05, 0) is 67.3 Å². The van der Waals surface area contributed by atoms with Gasteiger partial charge in [0.05, 0.1) is 6.04 Å². The smallest absolute Gasteiger partial charge is 0.313 e. The van der Waals surface area contributed by atoms with Crippen LogP contribution in [0.5, 0.6) is 0 Å². The minimum absolute atomic E-state index is 0.197. The predicted molar refractivity (Wildman–Crippen MR) is 127 cm³/mol. The van der Waals surface area contributed by atoms with Crippen molar-refractivity contribution in [2.24, 2.45) is 11.8 Å². The van der Waals surface area contributed by atoms with Crippen LogP contribution in [0.4, 0.5) is 11.4 Å². The van der Waals surface area contributed by atoms with Gasteiger partial charge >= 0.3 is 11.8 Å². The summed E-state index contributed by atoms with van der Waals surface area (Å²) in [6.45, 7) is 7.51. The highest BCUT2D eigenvalue weighted by Crippen LogP contribution is 2.38. The molecule has 3 atom stereocenters. The molecule has 1 aliphatic rings. The van der Waals surface area contributed by atoms with E-state index in [4.69, 9.17) is 0 Å². The largest absolute Gasteiger partial charge is 0.341 e. The number of carbonyl (C=O) groups excluding carboxylic acids is 3. The summed E-state index contributed by atoms with van der Waals surface area (Å²) in [6, 6.07) is 13.0. The zero-order chi connectivity index (χ0) is 23.3. The van der Waals surface area contributed by atoms with E-state index >= 15 is 0 Å². The van der Waals surface area contributed by atoms with Crippen molar-refractivity contribution in [1.29, 1.82) is 0 Å². The van der Waals surface area contributed by atoms with E-state index in [0.29, 0.717) is 28.8 Å². The first-order valence-corrected chi connectivity index (χ1v) is 11.3. The number of anilines is 2. The molecule has 1 aliphatic carbocycles. The molecular formula is C26H33N3O3. The molecule has 2 aromatic carbocycles. The van der Waals surface area contributed by atoms with Crippen molar-refractivity contribution >= 4 is 29.1 Å². The zero-order valence-corrected chi connectivity index (χ0v) is 19.3. The molecule has 6 nitrogen and oxygen atoms in total. The summed E-state index contributed by atoms with van der Waals surface area (Å²) >= 11 is 0. The molecule has 0 radical (unpaired) electrons. The van der Waals surface area contributed by atoms with Gasteiger partial charge in [0.25, 0.3) is 0 Å². The lowest BCUT2D eigenvalue weighted by atomic mass is 9.76. The van der Waals surface area contributed by atoms with Crippen LogP contribution in [-0.4, -0.2) is 17.7 Å². The SMILES string of the molecule is CC(=O)Nc1cccc(NC(=O)C(=O)N[C@H](c2ccccc2C)[C@H]2CCC[C@H](C)C2)c1C. The number of rotatable bonds is 5. The van der Waals surface area contributed by atoms with Crippen LogP contribution in [0.15, 0.2) is 42.5 Å². The van der Waals surface area contributed by atoms with E-state index in [9.17, 15) is 14.4 Å². The second kappa shape index (κ2) is 10.4. The first-order chi connectivity index (χ1) is 15.3. The number of benzene rings is 2. The lowest BCUT2D eigenvalue weighted by Crippen LogP contribution is -2.41. The molecule has 2 aromatic rings. The standard InChI is InChI=1S/C26H33N3O3/c1-16-9-7-11-20(15-16)24(21-12-6-5-10-17(21)2)29-26(32)25(31)28-23-14-8-13-22(18(23)3)27-19(4)30/h5-6,8,10,12-14,16,20,24H,7,9,11,15H2,1-4H3,(H,27,30)(H,28,31)(H,29,32)/t16-,20-,24-/m0/s1. The van der Waals surface area contributed by atoms with Crippen molar-refractivity contribution in [1.82, 2.24) is 5.32 Å². The highest BCUT2D eigenvalue weighted by atomic mass is 16.2. The minimum atomic E-state index is -0.712. The summed E-state index contributed by atoms with van der Waals surface area (Å²) in [7, 11) is 0. The van der Waals surface area contributed by atoms with Crippen molar-refractivity contribution in [3.8, 4) is 0 Å². The van der Waals surface area contributed by atoms with E-state index in [2.05, 4.69) is 22.9 Å². The average molecular weight is 436 g/mol. The molecule has 3 N–H and O–H groups in total. The summed E-state index contributed by atoms with van der Waals surface area (Å²) in [5, 5.41) is 8.47. The Bertz CT molecular complexity index is 1000. The van der Waals surface area contributed by atoms with Gasteiger partial charge in [-0.1, -0.05) is 50.1 Å². The number of aryl methyl sites for hydroxylation is 1. The van der Waals surface area contributed by atoms with Crippen molar-refractivity contribution in [3.63, 3.8) is 0 Å². The Kier molecular flexibility index (Phi) is 7.67. The predicted octanol–water partition coefficient (Wildman–Crippen LogP) is 4.88. The number of hydrogen-bond acceptors (Lipinski definition) is 3. The molecule has 6 heteroatoms. The van der Waals surface area contributed by atoms with E-state index < -0.39 is 11.8 Å². The Labute approximate surface area is 190 Å². The fraction of sp³-hybridized carbons (Fsp3) is 0.423. The van der Waals surface area contributed by atoms with Gasteiger partial charge < -0.3 is 16.0 Å². The van der Waals surface area contributed by atoms with Crippen molar-refractivity contribution in [2.45, 2.75) is 59.4 Å². The zero-order valence-electron chi connectivity index (χ0n) is 19.3. The number of nitrogens with one attached hydrogen (secondary N) is 3. The Morgan fingerprint density at radius 3 is 2.25 bits per heavy atom. The fourth-order valence-electron chi connectivity index (χ4n) is 4.65. The first kappa shape index (κ1) is 23.5. The summed E-state index contributed by atoms with van der Waals surface area (Å²) in [5.74, 6) is -0.667. The molecule has 0 unspecified atom stereocenters. The molecule has 0 heterocycles. The average Bonchev–Trinajstić information content (AvgIpc) is 2.75. The normalized spacial score (nSPS) is 19.0. The van der Waals surface area contributed by atoms with Crippen molar-refractivity contribution in [2.75, 3.05) is 10.6 Å². The quantitative estimate of drug-likeness (QED) is 0.585. The van der Waals surface area contributed by atoms with Gasteiger partial charge in [0.2, 0.25) is 5.91 Å². The molecule has 32 heavy (non-hydrogen) atoms. The molecule has 0 aliphatic heterocycles. The lowest BCUT2D eigenvalue weighted by Gasteiger charge is -2.34. The Morgan fingerprint density at radius 1 is 0.906 bits per heavy atom. The van der Waals surface area contributed by atoms with Gasteiger partial charge in [-0.3, -0.25) is 14.4 Å². The second-order valence-corrected chi connectivity index (χ2v) is 8.95. The third-order valence-electron chi connectivity index (χ3n) is 6.36. The maximum atomic E-state index is 12.9. The van der Waals surface area contributed by atoms with E-state index in [1.165, 1.54) is 13.3 Å². The summed E-state index contributed by atoms with van der Waals surface area (Å²) < 4.78 is 0. The Hall–Kier alpha value is -3.15. The van der Waals surface area contributed by atoms with Crippen LogP contribution in [0.25, 0.3) is 0 Å². The van der Waals surface area contributed by atoms with Crippen molar-refractivity contribution in [3.05, 3.63) is 59.2 Å². The molecule has 1 fully saturated rings. The summed E-state index contributed by atoms with van der Waals surface area (Å²) in [6.07, 6.45) is 4.39. The van der Waals surface area contributed by atoms with Crippen LogP contribution in [-0.2, 0) is 14.4 Å². The van der Waals surface area contributed by atoms with Gasteiger partial charge in [-0.25, -0.2) is 0 Å². The Balaban J connectivity index is 1.78. The van der Waals surface area contributed by atoms with E-state index in [1.54, 1.807) is 25.1 Å². The third kappa shape index (κ3) is 5.75. The highest BCUT2D eigenvalue weighted by Gasteiger charge is 2.31. The molecular weight excluding hydrogens is 402 g/mol. The van der Waals surface area contributed by atoms with Crippen LogP contribution in [0.1, 0.15) is 62.3 Å². The molecule has 170 valence electrons. The summed E-state index contributed by atoms with van der Waals surface area (Å²) in [5.41, 5.74) is 3.96. The molecule has 1 saturated carbocycles. The number of hydrogen-bond donors (Lipinski definition) is 3. The van der Waals surface area contributed by atoms with Gasteiger partial charge in [0.15, 0.2) is 0 Å². The van der Waals surface area contributed by atoms with Crippen LogP contribution < -0.4 is 16.0 Å². The highest BCUT2D eigenvalue weighted by molar-refractivity contribution is 6.39. The Morgan fingerprint density at radius 2 is 1.59 bits per heavy atom. The van der Waals surface area contributed by atoms with E-state index in [-0.39, 0.29) is 11.9 Å². The molecule has 0 bridgehead atoms. The van der Waals surface area contributed by atoms with Crippen LogP contribution in [0.3, 0.4) is 0 Å². The van der Waals surface area contributed by atoms with Crippen molar-refractivity contribution < 1.29 is 14.4 Å². The number of carbonyl (C=O) groups is 3. The molecule has 3 amide bonds. The molecule has 0 spiro atoms. The van der Waals surface area contributed by atoms with Gasteiger partial charge in [-0.2, -0.15) is 0 Å². The van der Waals surface area contributed by atoms with Crippen LogP contribution in [0.2, 0.25) is 0 Å². The maximum absolute atomic E-state index is 12.9.